The van der Waals surface area contributed by atoms with Crippen LogP contribution in [0.4, 0.5) is 0 Å². The molecular formula is C40H78O6Si3. The quantitative estimate of drug-likeness (QED) is 0.274. The first-order chi connectivity index (χ1) is 21.8. The Morgan fingerprint density at radius 3 is 1.63 bits per heavy atom. The van der Waals surface area contributed by atoms with Gasteiger partial charge in [-0.2, -0.15) is 0 Å². The summed E-state index contributed by atoms with van der Waals surface area (Å²) >= 11 is 0. The van der Waals surface area contributed by atoms with Gasteiger partial charge < -0.3 is 27.9 Å². The van der Waals surface area contributed by atoms with E-state index in [0.29, 0.717) is 5.92 Å². The van der Waals surface area contributed by atoms with Crippen molar-refractivity contribution < 1.29 is 27.9 Å². The van der Waals surface area contributed by atoms with Gasteiger partial charge in [-0.3, -0.25) is 0 Å². The summed E-state index contributed by atoms with van der Waals surface area (Å²) < 4.78 is 36.6. The molecule has 0 bridgehead atoms. The Balaban J connectivity index is 1.60. The zero-order chi connectivity index (χ0) is 37.3. The summed E-state index contributed by atoms with van der Waals surface area (Å²) in [5.74, 6) is 0.104. The molecule has 4 saturated carbocycles. The van der Waals surface area contributed by atoms with Crippen LogP contribution < -0.4 is 0 Å². The van der Waals surface area contributed by atoms with E-state index >= 15 is 0 Å². The van der Waals surface area contributed by atoms with Gasteiger partial charge in [0, 0.05) is 5.92 Å². The normalized spacial score (nSPS) is 43.1. The smallest absolute Gasteiger partial charge is 0.192 e. The number of aliphatic hydroxyl groups is 1. The van der Waals surface area contributed by atoms with Crippen LogP contribution in [0.15, 0.2) is 0 Å². The molecule has 0 aromatic rings. The number of ether oxygens (including phenoxy) is 2. The molecule has 1 N–H and O–H groups in total. The standard InChI is InChI=1S/C40H78O6Si3/c1-35(2,3)47(14,15)44-27-22-23-39(12)30-26(41)24-40(13)25(20-21-28(40)45-48(16,17)36(4,5)6)29(30)33-34(43-38(10,11)42-33)31(39)32(27)46-49(18,19)37(7,8)9/h25-34,41H,20-24H2,1-19H3/t25?,26?,27-,28+,29?,30?,31?,32?,33-,34-,39-,40+/m1/s1. The number of rotatable bonds is 6. The van der Waals surface area contributed by atoms with E-state index in [9.17, 15) is 5.11 Å². The fourth-order valence-corrected chi connectivity index (χ4v) is 14.5. The summed E-state index contributed by atoms with van der Waals surface area (Å²) in [6.07, 6.45) is 4.35. The molecule has 0 aromatic carbocycles. The largest absolute Gasteiger partial charge is 0.413 e. The van der Waals surface area contributed by atoms with Gasteiger partial charge in [0.2, 0.25) is 0 Å². The van der Waals surface area contributed by atoms with Crippen LogP contribution in [0.2, 0.25) is 54.4 Å². The van der Waals surface area contributed by atoms with Gasteiger partial charge in [0.15, 0.2) is 30.7 Å². The molecule has 1 heterocycles. The monoisotopic (exact) mass is 739 g/mol. The molecule has 6 nitrogen and oxygen atoms in total. The molecule has 49 heavy (non-hydrogen) atoms. The van der Waals surface area contributed by atoms with Crippen molar-refractivity contribution in [3.8, 4) is 0 Å². The third-order valence-corrected chi connectivity index (χ3v) is 29.6. The van der Waals surface area contributed by atoms with Crippen LogP contribution in [-0.4, -0.2) is 72.5 Å². The van der Waals surface area contributed by atoms with E-state index in [0.717, 1.165) is 32.1 Å². The van der Waals surface area contributed by atoms with Gasteiger partial charge in [0.05, 0.1) is 36.6 Å². The molecule has 1 aliphatic heterocycles. The first kappa shape index (κ1) is 40.6. The minimum Gasteiger partial charge on any atom is -0.413 e. The number of hydrogen-bond acceptors (Lipinski definition) is 6. The van der Waals surface area contributed by atoms with Gasteiger partial charge in [-0.1, -0.05) is 76.2 Å². The first-order valence-electron chi connectivity index (χ1n) is 19.9. The third kappa shape index (κ3) is 6.74. The predicted molar refractivity (Wildman–Crippen MR) is 209 cm³/mol. The van der Waals surface area contributed by atoms with Gasteiger partial charge in [-0.05, 0) is 129 Å². The van der Waals surface area contributed by atoms with E-state index in [1.165, 1.54) is 0 Å². The van der Waals surface area contributed by atoms with Crippen LogP contribution in [0.5, 0.6) is 0 Å². The van der Waals surface area contributed by atoms with Gasteiger partial charge in [0.25, 0.3) is 0 Å². The maximum Gasteiger partial charge on any atom is 0.192 e. The highest BCUT2D eigenvalue weighted by Crippen LogP contribution is 2.70. The Kier molecular flexibility index (Phi) is 10.1. The lowest BCUT2D eigenvalue weighted by Gasteiger charge is -2.66. The van der Waals surface area contributed by atoms with Crippen LogP contribution >= 0.6 is 0 Å². The van der Waals surface area contributed by atoms with Crippen molar-refractivity contribution in [2.45, 2.75) is 219 Å². The van der Waals surface area contributed by atoms with E-state index in [2.05, 4.69) is 129 Å². The van der Waals surface area contributed by atoms with Gasteiger partial charge >= 0.3 is 0 Å². The van der Waals surface area contributed by atoms with Crippen molar-refractivity contribution in [1.29, 1.82) is 0 Å². The van der Waals surface area contributed by atoms with Gasteiger partial charge in [-0.25, -0.2) is 0 Å². The maximum atomic E-state index is 12.7. The second-order valence-electron chi connectivity index (χ2n) is 22.8. The first-order valence-corrected chi connectivity index (χ1v) is 28.6. The Labute approximate surface area is 305 Å². The Morgan fingerprint density at radius 2 is 1.10 bits per heavy atom. The molecule has 5 fully saturated rings. The van der Waals surface area contributed by atoms with E-state index in [-0.39, 0.29) is 74.2 Å². The summed E-state index contributed by atoms with van der Waals surface area (Å²) in [4.78, 5) is 0. The van der Waals surface area contributed by atoms with Gasteiger partial charge in [0.1, 0.15) is 0 Å². The molecule has 286 valence electrons. The molecular weight excluding hydrogens is 661 g/mol. The summed E-state index contributed by atoms with van der Waals surface area (Å²) in [5.41, 5.74) is -0.269. The highest BCUT2D eigenvalue weighted by molar-refractivity contribution is 6.75. The second-order valence-corrected chi connectivity index (χ2v) is 37.1. The molecule has 0 spiro atoms. The van der Waals surface area contributed by atoms with Gasteiger partial charge in [-0.15, -0.1) is 0 Å². The van der Waals surface area contributed by atoms with Crippen molar-refractivity contribution in [2.24, 2.45) is 34.5 Å². The molecule has 5 aliphatic rings. The number of hydrogen-bond donors (Lipinski definition) is 1. The topological polar surface area (TPSA) is 66.4 Å². The molecule has 5 rings (SSSR count). The van der Waals surface area contributed by atoms with E-state index in [4.69, 9.17) is 22.8 Å². The molecule has 0 aromatic heterocycles. The van der Waals surface area contributed by atoms with E-state index in [1.54, 1.807) is 0 Å². The SMILES string of the molecule is CC1(C)O[C@@H]2C3C(C(O)C[C@@]4(C)C3CC[C@@H]4O[Si](C)(C)C(C)(C)C)[C@@]3(C)CC[C@@H](O[Si](C)(C)C(C)(C)C)C(O[Si](C)(C)C(C)(C)C)C3[C@H]2O1. The van der Waals surface area contributed by atoms with Crippen molar-refractivity contribution in [3.05, 3.63) is 0 Å². The maximum absolute atomic E-state index is 12.7. The molecule has 1 saturated heterocycles. The lowest BCUT2D eigenvalue weighted by Crippen LogP contribution is -2.71. The zero-order valence-electron chi connectivity index (χ0n) is 35.3. The molecule has 0 amide bonds. The average Bonchev–Trinajstić information content (AvgIpc) is 3.37. The Morgan fingerprint density at radius 1 is 0.612 bits per heavy atom. The van der Waals surface area contributed by atoms with Crippen molar-refractivity contribution in [3.63, 3.8) is 0 Å². The highest BCUT2D eigenvalue weighted by Gasteiger charge is 2.73. The van der Waals surface area contributed by atoms with Crippen LogP contribution in [0.1, 0.15) is 122 Å². The number of fused-ring (bicyclic) bond motifs is 8. The molecule has 12 atom stereocenters. The minimum absolute atomic E-state index is 0.00236. The molecule has 4 aliphatic carbocycles. The number of aliphatic hydroxyl groups excluding tert-OH is 1. The van der Waals surface area contributed by atoms with Crippen molar-refractivity contribution >= 4 is 25.0 Å². The third-order valence-electron chi connectivity index (χ3n) is 16.1. The van der Waals surface area contributed by atoms with Crippen molar-refractivity contribution in [2.75, 3.05) is 0 Å². The van der Waals surface area contributed by atoms with E-state index in [1.807, 2.05) is 0 Å². The predicted octanol–water partition coefficient (Wildman–Crippen LogP) is 10.5. The second kappa shape index (κ2) is 12.2. The average molecular weight is 739 g/mol. The molecule has 9 heteroatoms. The molecule has 0 radical (unpaired) electrons. The van der Waals surface area contributed by atoms with Crippen LogP contribution in [0.25, 0.3) is 0 Å². The lowest BCUT2D eigenvalue weighted by molar-refractivity contribution is -0.246. The lowest BCUT2D eigenvalue weighted by atomic mass is 9.42. The summed E-state index contributed by atoms with van der Waals surface area (Å²) in [6, 6.07) is 0. The van der Waals surface area contributed by atoms with Crippen LogP contribution in [0.3, 0.4) is 0 Å². The van der Waals surface area contributed by atoms with Crippen LogP contribution in [0, 0.1) is 34.5 Å². The summed E-state index contributed by atoms with van der Waals surface area (Å²) in [5, 5.41) is 13.0. The Bertz CT molecular complexity index is 1230. The fraction of sp³-hybridized carbons (Fsp3) is 1.00. The zero-order valence-corrected chi connectivity index (χ0v) is 38.3. The highest BCUT2D eigenvalue weighted by atomic mass is 28.4. The summed E-state index contributed by atoms with van der Waals surface area (Å²) in [6.45, 7) is 44.5. The summed E-state index contributed by atoms with van der Waals surface area (Å²) in [7, 11) is -6.33. The van der Waals surface area contributed by atoms with Crippen molar-refractivity contribution in [1.82, 2.24) is 0 Å². The molecule has 6 unspecified atom stereocenters. The van der Waals surface area contributed by atoms with Crippen LogP contribution in [-0.2, 0) is 22.8 Å². The fourth-order valence-electron chi connectivity index (χ4n) is 10.3. The minimum atomic E-state index is -2.22. The Hall–Kier alpha value is 0.411. The van der Waals surface area contributed by atoms with E-state index < -0.39 is 36.8 Å².